The van der Waals surface area contributed by atoms with Gasteiger partial charge in [-0.15, -0.1) is 0 Å². The first-order valence-electron chi connectivity index (χ1n) is 12.1. The number of carbonyl (C=O) groups excluding carboxylic acids is 2. The lowest BCUT2D eigenvalue weighted by Gasteiger charge is -2.21. The van der Waals surface area contributed by atoms with Crippen LogP contribution in [-0.2, 0) is 16.2 Å². The van der Waals surface area contributed by atoms with E-state index in [0.717, 1.165) is 22.2 Å². The summed E-state index contributed by atoms with van der Waals surface area (Å²) in [6, 6.07) is 20.2. The molecule has 2 amide bonds. The summed E-state index contributed by atoms with van der Waals surface area (Å²) in [5.74, 6) is 0.458. The Kier molecular flexibility index (Phi) is 9.07. The van der Waals surface area contributed by atoms with Crippen molar-refractivity contribution < 1.29 is 19.1 Å². The predicted octanol–water partition coefficient (Wildman–Crippen LogP) is 6.23. The van der Waals surface area contributed by atoms with E-state index in [2.05, 4.69) is 10.3 Å². The standard InChI is InChI=1S/C30H27Cl2N3O4/c1-19-11-12-21-8-6-10-26(30(21)34-19)39-18-22-23(31)14-15-24(29(22)32)35(2)28(37)17-33-27(36)16-13-20-7-4-5-9-25(20)38-3/h4-16H,17-18H2,1-3H3,(H,33,36). The summed E-state index contributed by atoms with van der Waals surface area (Å²) in [5, 5.41) is 4.24. The van der Waals surface area contributed by atoms with Gasteiger partial charge in [-0.3, -0.25) is 9.59 Å². The molecule has 39 heavy (non-hydrogen) atoms. The Morgan fingerprint density at radius 2 is 1.77 bits per heavy atom. The summed E-state index contributed by atoms with van der Waals surface area (Å²) < 4.78 is 11.3. The number of likely N-dealkylation sites (N-methyl/N-ethyl adjacent to an activating group) is 1. The van der Waals surface area contributed by atoms with Crippen molar-refractivity contribution in [3.05, 3.63) is 99.7 Å². The number of nitrogens with zero attached hydrogens (tertiary/aromatic N) is 2. The van der Waals surface area contributed by atoms with E-state index < -0.39 is 5.91 Å². The van der Waals surface area contributed by atoms with Crippen molar-refractivity contribution in [1.82, 2.24) is 10.3 Å². The number of methoxy groups -OCH3 is 1. The minimum absolute atomic E-state index is 0.0761. The zero-order valence-corrected chi connectivity index (χ0v) is 23.2. The van der Waals surface area contributed by atoms with Gasteiger partial charge in [-0.05, 0) is 43.3 Å². The summed E-state index contributed by atoms with van der Waals surface area (Å²) >= 11 is 13.1. The first-order chi connectivity index (χ1) is 18.8. The average Bonchev–Trinajstić information content (AvgIpc) is 2.94. The Bertz CT molecular complexity index is 1560. The minimum Gasteiger partial charge on any atom is -0.496 e. The molecule has 0 unspecified atom stereocenters. The van der Waals surface area contributed by atoms with Crippen LogP contribution in [0, 0.1) is 6.92 Å². The van der Waals surface area contributed by atoms with Crippen molar-refractivity contribution >= 4 is 57.7 Å². The molecule has 0 atom stereocenters. The number of hydrogen-bond donors (Lipinski definition) is 1. The van der Waals surface area contributed by atoms with Crippen LogP contribution >= 0.6 is 23.2 Å². The lowest BCUT2D eigenvalue weighted by Crippen LogP contribution is -2.37. The molecule has 9 heteroatoms. The number of ether oxygens (including phenoxy) is 2. The minimum atomic E-state index is -0.419. The van der Waals surface area contributed by atoms with Gasteiger partial charge in [0.15, 0.2) is 0 Å². The number of fused-ring (bicyclic) bond motifs is 1. The third kappa shape index (κ3) is 6.69. The van der Waals surface area contributed by atoms with Crippen LogP contribution in [0.4, 0.5) is 5.69 Å². The van der Waals surface area contributed by atoms with Crippen LogP contribution < -0.4 is 19.7 Å². The monoisotopic (exact) mass is 563 g/mol. The Morgan fingerprint density at radius 1 is 1.00 bits per heavy atom. The van der Waals surface area contributed by atoms with E-state index in [0.29, 0.717) is 27.8 Å². The predicted molar refractivity (Wildman–Crippen MR) is 156 cm³/mol. The summed E-state index contributed by atoms with van der Waals surface area (Å²) in [6.07, 6.45) is 2.97. The molecule has 1 N–H and O–H groups in total. The fraction of sp³-hybridized carbons (Fsp3) is 0.167. The number of hydrogen-bond acceptors (Lipinski definition) is 5. The van der Waals surface area contributed by atoms with Crippen LogP contribution in [0.3, 0.4) is 0 Å². The van der Waals surface area contributed by atoms with Crippen LogP contribution in [-0.4, -0.2) is 37.5 Å². The summed E-state index contributed by atoms with van der Waals surface area (Å²) in [5.41, 5.74) is 3.33. The highest BCUT2D eigenvalue weighted by molar-refractivity contribution is 6.38. The number of pyridine rings is 1. The Hall–Kier alpha value is -4.07. The molecule has 7 nitrogen and oxygen atoms in total. The number of aromatic nitrogens is 1. The largest absolute Gasteiger partial charge is 0.496 e. The first-order valence-corrected chi connectivity index (χ1v) is 12.9. The summed E-state index contributed by atoms with van der Waals surface area (Å²) in [6.45, 7) is 1.77. The molecule has 4 rings (SSSR count). The van der Waals surface area contributed by atoms with Crippen molar-refractivity contribution in [2.24, 2.45) is 0 Å². The molecule has 0 aliphatic carbocycles. The normalized spacial score (nSPS) is 11.0. The number of benzene rings is 3. The summed E-state index contributed by atoms with van der Waals surface area (Å²) in [7, 11) is 3.14. The molecule has 0 radical (unpaired) electrons. The lowest BCUT2D eigenvalue weighted by molar-refractivity contribution is -0.122. The molecule has 4 aromatic rings. The lowest BCUT2D eigenvalue weighted by atomic mass is 10.1. The van der Waals surface area contributed by atoms with Crippen molar-refractivity contribution in [3.8, 4) is 11.5 Å². The van der Waals surface area contributed by atoms with Gasteiger partial charge in [-0.25, -0.2) is 4.98 Å². The number of carbonyl (C=O) groups is 2. The van der Waals surface area contributed by atoms with Crippen molar-refractivity contribution in [2.75, 3.05) is 25.6 Å². The van der Waals surface area contributed by atoms with E-state index in [1.165, 1.54) is 11.0 Å². The molecule has 1 heterocycles. The third-order valence-corrected chi connectivity index (χ3v) is 6.84. The highest BCUT2D eigenvalue weighted by atomic mass is 35.5. The Morgan fingerprint density at radius 3 is 2.56 bits per heavy atom. The van der Waals surface area contributed by atoms with Crippen LogP contribution in [0.1, 0.15) is 16.8 Å². The molecule has 0 aliphatic rings. The molecule has 0 bridgehead atoms. The molecular weight excluding hydrogens is 537 g/mol. The highest BCUT2D eigenvalue weighted by Gasteiger charge is 2.19. The van der Waals surface area contributed by atoms with E-state index in [4.69, 9.17) is 32.7 Å². The number of halogens is 2. The molecule has 3 aromatic carbocycles. The smallest absolute Gasteiger partial charge is 0.246 e. The second-order valence-corrected chi connectivity index (χ2v) is 9.46. The number of para-hydroxylation sites is 2. The van der Waals surface area contributed by atoms with Gasteiger partial charge >= 0.3 is 0 Å². The van der Waals surface area contributed by atoms with E-state index in [1.54, 1.807) is 38.4 Å². The van der Waals surface area contributed by atoms with Crippen LogP contribution in [0.15, 0.2) is 72.8 Å². The molecule has 0 aliphatic heterocycles. The number of nitrogens with one attached hydrogen (secondary N) is 1. The van der Waals surface area contributed by atoms with Gasteiger partial charge in [-0.2, -0.15) is 0 Å². The van der Waals surface area contributed by atoms with E-state index in [9.17, 15) is 9.59 Å². The fourth-order valence-corrected chi connectivity index (χ4v) is 4.51. The molecular formula is C30H27Cl2N3O4. The second kappa shape index (κ2) is 12.7. The van der Waals surface area contributed by atoms with Crippen LogP contribution in [0.25, 0.3) is 17.0 Å². The number of anilines is 1. The molecule has 0 saturated carbocycles. The quantitative estimate of drug-likeness (QED) is 0.244. The average molecular weight is 564 g/mol. The van der Waals surface area contributed by atoms with Gasteiger partial charge < -0.3 is 19.7 Å². The van der Waals surface area contributed by atoms with E-state index in [1.807, 2.05) is 55.5 Å². The van der Waals surface area contributed by atoms with Crippen molar-refractivity contribution in [1.29, 1.82) is 0 Å². The fourth-order valence-electron chi connectivity index (χ4n) is 3.90. The molecule has 1 aromatic heterocycles. The van der Waals surface area contributed by atoms with Gasteiger partial charge in [0.2, 0.25) is 11.8 Å². The number of rotatable bonds is 9. The second-order valence-electron chi connectivity index (χ2n) is 8.67. The van der Waals surface area contributed by atoms with E-state index >= 15 is 0 Å². The summed E-state index contributed by atoms with van der Waals surface area (Å²) in [4.78, 5) is 31.1. The SMILES string of the molecule is COc1ccccc1C=CC(=O)NCC(=O)N(C)c1ccc(Cl)c(COc2cccc3ccc(C)nc23)c1Cl. The third-order valence-electron chi connectivity index (χ3n) is 6.06. The maximum absolute atomic E-state index is 12.9. The molecule has 0 fully saturated rings. The zero-order valence-electron chi connectivity index (χ0n) is 21.7. The van der Waals surface area contributed by atoms with E-state index in [-0.39, 0.29) is 24.1 Å². The molecule has 0 saturated heterocycles. The first kappa shape index (κ1) is 28.0. The van der Waals surface area contributed by atoms with Crippen LogP contribution in [0.2, 0.25) is 10.0 Å². The number of aryl methyl sites for hydroxylation is 1. The van der Waals surface area contributed by atoms with Gasteiger partial charge in [-0.1, -0.05) is 59.6 Å². The Balaban J connectivity index is 1.43. The topological polar surface area (TPSA) is 80.8 Å². The van der Waals surface area contributed by atoms with Gasteiger partial charge in [0.25, 0.3) is 0 Å². The van der Waals surface area contributed by atoms with Gasteiger partial charge in [0.05, 0.1) is 24.4 Å². The highest BCUT2D eigenvalue weighted by Crippen LogP contribution is 2.35. The molecule has 0 spiro atoms. The van der Waals surface area contributed by atoms with Crippen molar-refractivity contribution in [3.63, 3.8) is 0 Å². The van der Waals surface area contributed by atoms with Gasteiger partial charge in [0, 0.05) is 40.4 Å². The maximum Gasteiger partial charge on any atom is 0.246 e. The van der Waals surface area contributed by atoms with Gasteiger partial charge in [0.1, 0.15) is 23.6 Å². The Labute approximate surface area is 237 Å². The van der Waals surface area contributed by atoms with Crippen LogP contribution in [0.5, 0.6) is 11.5 Å². The van der Waals surface area contributed by atoms with Crippen molar-refractivity contribution in [2.45, 2.75) is 13.5 Å². The maximum atomic E-state index is 12.9. The zero-order chi connectivity index (χ0) is 27.9. The number of amides is 2. The molecule has 200 valence electrons.